The number of ether oxygens (including phenoxy) is 1. The second-order valence-corrected chi connectivity index (χ2v) is 3.22. The molecule has 0 aliphatic rings. The van der Waals surface area contributed by atoms with Gasteiger partial charge in [0.1, 0.15) is 11.8 Å². The van der Waals surface area contributed by atoms with E-state index in [2.05, 4.69) is 11.2 Å². The van der Waals surface area contributed by atoms with Crippen LogP contribution in [0.3, 0.4) is 0 Å². The molecule has 0 aliphatic carbocycles. The first kappa shape index (κ1) is 9.11. The van der Waals surface area contributed by atoms with E-state index >= 15 is 0 Å². The number of hydrogen-bond acceptors (Lipinski definition) is 3. The molecule has 1 aromatic heterocycles. The van der Waals surface area contributed by atoms with E-state index in [-0.39, 0.29) is 6.04 Å². The van der Waals surface area contributed by atoms with Crippen LogP contribution in [0.5, 0.6) is 5.75 Å². The summed E-state index contributed by atoms with van der Waals surface area (Å²) < 4.78 is 5.05. The fraction of sp³-hybridized carbons (Fsp3) is 0.333. The van der Waals surface area contributed by atoms with Crippen molar-refractivity contribution >= 4 is 11.3 Å². The molecule has 0 aromatic carbocycles. The molecule has 1 N–H and O–H groups in total. The van der Waals surface area contributed by atoms with E-state index in [1.807, 2.05) is 18.5 Å². The lowest BCUT2D eigenvalue weighted by Crippen LogP contribution is -2.12. The topological polar surface area (TPSA) is 21.3 Å². The average molecular weight is 181 g/mol. The third-order valence-electron chi connectivity index (χ3n) is 1.57. The largest absolute Gasteiger partial charge is 0.496 e. The molecule has 0 amide bonds. The Labute approximate surface area is 76.6 Å². The van der Waals surface area contributed by atoms with Crippen molar-refractivity contribution in [2.45, 2.75) is 6.04 Å². The average Bonchev–Trinajstić information content (AvgIpc) is 2.55. The van der Waals surface area contributed by atoms with Crippen molar-refractivity contribution in [2.75, 3.05) is 14.2 Å². The number of nitrogens with one attached hydrogen (secondary N) is 1. The first-order valence-electron chi connectivity index (χ1n) is 3.57. The van der Waals surface area contributed by atoms with Gasteiger partial charge in [-0.25, -0.2) is 0 Å². The van der Waals surface area contributed by atoms with E-state index in [1.165, 1.54) is 0 Å². The van der Waals surface area contributed by atoms with Gasteiger partial charge < -0.3 is 10.1 Å². The van der Waals surface area contributed by atoms with E-state index in [1.54, 1.807) is 18.4 Å². The highest BCUT2D eigenvalue weighted by Crippen LogP contribution is 2.25. The Bertz CT molecular complexity index is 287. The van der Waals surface area contributed by atoms with Crippen LogP contribution in [0.1, 0.15) is 10.9 Å². The summed E-state index contributed by atoms with van der Waals surface area (Å²) in [5, 5.41) is 4.97. The molecular weight excluding hydrogens is 170 g/mol. The van der Waals surface area contributed by atoms with Crippen molar-refractivity contribution in [1.29, 1.82) is 0 Å². The van der Waals surface area contributed by atoms with Crippen molar-refractivity contribution in [3.63, 3.8) is 0 Å². The third kappa shape index (κ3) is 1.79. The van der Waals surface area contributed by atoms with Crippen molar-refractivity contribution < 1.29 is 4.74 Å². The molecule has 0 saturated carbocycles. The molecule has 0 radical (unpaired) electrons. The maximum Gasteiger partial charge on any atom is 0.129 e. The molecule has 0 bridgehead atoms. The molecule has 2 nitrogen and oxygen atoms in total. The summed E-state index contributed by atoms with van der Waals surface area (Å²) in [6, 6.07) is 1.95. The smallest absolute Gasteiger partial charge is 0.129 e. The summed E-state index contributed by atoms with van der Waals surface area (Å²) in [6.45, 7) is 0. The van der Waals surface area contributed by atoms with Gasteiger partial charge in [0.05, 0.1) is 7.11 Å². The quantitative estimate of drug-likeness (QED) is 0.716. The number of thiophene rings is 1. The molecular formula is C9H11NOS. The number of terminal acetylenes is 1. The summed E-state index contributed by atoms with van der Waals surface area (Å²) in [6.07, 6.45) is 5.32. The van der Waals surface area contributed by atoms with Crippen LogP contribution in [-0.4, -0.2) is 14.2 Å². The minimum absolute atomic E-state index is 0.00102. The van der Waals surface area contributed by atoms with Crippen LogP contribution >= 0.6 is 11.3 Å². The van der Waals surface area contributed by atoms with Gasteiger partial charge in [-0.1, -0.05) is 5.92 Å². The molecule has 1 rings (SSSR count). The SMILES string of the molecule is C#CC(NC)c1cc(OC)cs1. The Morgan fingerprint density at radius 3 is 2.92 bits per heavy atom. The van der Waals surface area contributed by atoms with E-state index in [0.717, 1.165) is 10.6 Å². The van der Waals surface area contributed by atoms with E-state index < -0.39 is 0 Å². The fourth-order valence-electron chi connectivity index (χ4n) is 0.901. The molecule has 1 atom stereocenters. The lowest BCUT2D eigenvalue weighted by molar-refractivity contribution is 0.416. The highest BCUT2D eigenvalue weighted by atomic mass is 32.1. The van der Waals surface area contributed by atoms with Crippen LogP contribution in [0, 0.1) is 12.3 Å². The zero-order valence-electron chi connectivity index (χ0n) is 7.13. The van der Waals surface area contributed by atoms with Gasteiger partial charge in [-0.15, -0.1) is 17.8 Å². The second-order valence-electron chi connectivity index (χ2n) is 2.28. The van der Waals surface area contributed by atoms with Crippen molar-refractivity contribution in [3.8, 4) is 18.1 Å². The van der Waals surface area contributed by atoms with Gasteiger partial charge in [-0.3, -0.25) is 0 Å². The Morgan fingerprint density at radius 2 is 2.50 bits per heavy atom. The molecule has 3 heteroatoms. The van der Waals surface area contributed by atoms with Crippen molar-refractivity contribution in [3.05, 3.63) is 16.3 Å². The van der Waals surface area contributed by atoms with Gasteiger partial charge in [0.25, 0.3) is 0 Å². The Balaban J connectivity index is 2.81. The standard InChI is InChI=1S/C9H11NOS/c1-4-8(10-2)9-5-7(11-3)6-12-9/h1,5-6,8,10H,2-3H3. The molecule has 64 valence electrons. The van der Waals surface area contributed by atoms with Crippen LogP contribution in [0.2, 0.25) is 0 Å². The summed E-state index contributed by atoms with van der Waals surface area (Å²) in [4.78, 5) is 1.11. The second kappa shape index (κ2) is 4.15. The van der Waals surface area contributed by atoms with Crippen LogP contribution in [0.15, 0.2) is 11.4 Å². The van der Waals surface area contributed by atoms with Gasteiger partial charge >= 0.3 is 0 Å². The number of rotatable bonds is 3. The summed E-state index contributed by atoms with van der Waals surface area (Å²) >= 11 is 1.60. The fourth-order valence-corrected chi connectivity index (χ4v) is 1.82. The predicted molar refractivity (Wildman–Crippen MR) is 51.5 cm³/mol. The Kier molecular flexibility index (Phi) is 3.15. The van der Waals surface area contributed by atoms with Crippen LogP contribution in [0.25, 0.3) is 0 Å². The van der Waals surface area contributed by atoms with E-state index in [0.29, 0.717) is 0 Å². The molecule has 1 aromatic rings. The van der Waals surface area contributed by atoms with Gasteiger partial charge in [0.2, 0.25) is 0 Å². The first-order chi connectivity index (χ1) is 5.81. The zero-order valence-corrected chi connectivity index (χ0v) is 7.94. The van der Waals surface area contributed by atoms with Crippen molar-refractivity contribution in [2.24, 2.45) is 0 Å². The lowest BCUT2D eigenvalue weighted by Gasteiger charge is -2.04. The minimum atomic E-state index is -0.00102. The van der Waals surface area contributed by atoms with Gasteiger partial charge in [0.15, 0.2) is 0 Å². The molecule has 0 spiro atoms. The van der Waals surface area contributed by atoms with Gasteiger partial charge in [0, 0.05) is 10.3 Å². The number of hydrogen-bond donors (Lipinski definition) is 1. The van der Waals surface area contributed by atoms with Crippen molar-refractivity contribution in [1.82, 2.24) is 5.32 Å². The van der Waals surface area contributed by atoms with Crippen LogP contribution in [0.4, 0.5) is 0 Å². The number of methoxy groups -OCH3 is 1. The molecule has 0 fully saturated rings. The van der Waals surface area contributed by atoms with Crippen LogP contribution in [-0.2, 0) is 0 Å². The third-order valence-corrected chi connectivity index (χ3v) is 2.55. The summed E-state index contributed by atoms with van der Waals surface area (Å²) in [5.41, 5.74) is 0. The van der Waals surface area contributed by atoms with Gasteiger partial charge in [-0.2, -0.15) is 0 Å². The van der Waals surface area contributed by atoms with Gasteiger partial charge in [-0.05, 0) is 13.1 Å². The molecule has 1 heterocycles. The highest BCUT2D eigenvalue weighted by molar-refractivity contribution is 7.10. The Hall–Kier alpha value is -0.980. The molecule has 12 heavy (non-hydrogen) atoms. The summed E-state index contributed by atoms with van der Waals surface area (Å²) in [7, 11) is 3.49. The Morgan fingerprint density at radius 1 is 1.75 bits per heavy atom. The predicted octanol–water partition coefficient (Wildman–Crippen LogP) is 1.65. The monoisotopic (exact) mass is 181 g/mol. The normalized spacial score (nSPS) is 12.1. The maximum atomic E-state index is 5.32. The summed E-state index contributed by atoms with van der Waals surface area (Å²) in [5.74, 6) is 3.52. The lowest BCUT2D eigenvalue weighted by atomic mass is 10.2. The molecule has 0 saturated heterocycles. The van der Waals surface area contributed by atoms with Crippen LogP contribution < -0.4 is 10.1 Å². The first-order valence-corrected chi connectivity index (χ1v) is 4.45. The molecule has 0 aliphatic heterocycles. The van der Waals surface area contributed by atoms with E-state index in [9.17, 15) is 0 Å². The van der Waals surface area contributed by atoms with E-state index in [4.69, 9.17) is 11.2 Å². The minimum Gasteiger partial charge on any atom is -0.496 e. The maximum absolute atomic E-state index is 5.32. The highest BCUT2D eigenvalue weighted by Gasteiger charge is 2.07. The molecule has 1 unspecified atom stereocenters. The zero-order chi connectivity index (χ0) is 8.97.